The van der Waals surface area contributed by atoms with E-state index in [2.05, 4.69) is 5.32 Å². The highest BCUT2D eigenvalue weighted by atomic mass is 35.5. The molecule has 202 valence electrons. The SMILES string of the molecule is Cc1ccc(N(CC(=O)N(Cc2cccc(Cl)c2)[C@@H](C)C(=O)NC(C)C)S(=O)(=O)c2ccccc2)cc1Cl. The van der Waals surface area contributed by atoms with Crippen molar-refractivity contribution >= 4 is 50.7 Å². The maximum atomic E-state index is 13.9. The van der Waals surface area contributed by atoms with Crippen molar-refractivity contribution in [1.82, 2.24) is 10.2 Å². The van der Waals surface area contributed by atoms with Crippen LogP contribution in [-0.2, 0) is 26.2 Å². The Bertz CT molecular complexity index is 1400. The first-order valence-electron chi connectivity index (χ1n) is 12.1. The fourth-order valence-electron chi connectivity index (χ4n) is 3.81. The molecule has 1 N–H and O–H groups in total. The Morgan fingerprint density at radius 3 is 2.21 bits per heavy atom. The van der Waals surface area contributed by atoms with Crippen LogP contribution < -0.4 is 9.62 Å². The summed E-state index contributed by atoms with van der Waals surface area (Å²) in [4.78, 5) is 28.2. The number of carbonyl (C=O) groups excluding carboxylic acids is 2. The molecule has 0 heterocycles. The van der Waals surface area contributed by atoms with E-state index in [4.69, 9.17) is 23.2 Å². The zero-order valence-corrected chi connectivity index (χ0v) is 24.0. The first-order valence-corrected chi connectivity index (χ1v) is 14.3. The number of aryl methyl sites for hydroxylation is 1. The number of rotatable bonds is 10. The van der Waals surface area contributed by atoms with Crippen molar-refractivity contribution in [3.05, 3.63) is 94.0 Å². The Morgan fingerprint density at radius 2 is 1.61 bits per heavy atom. The van der Waals surface area contributed by atoms with Crippen molar-refractivity contribution in [3.63, 3.8) is 0 Å². The largest absolute Gasteiger partial charge is 0.352 e. The smallest absolute Gasteiger partial charge is 0.264 e. The van der Waals surface area contributed by atoms with Gasteiger partial charge in [-0.3, -0.25) is 13.9 Å². The summed E-state index contributed by atoms with van der Waals surface area (Å²) in [5.74, 6) is -0.918. The molecule has 3 rings (SSSR count). The summed E-state index contributed by atoms with van der Waals surface area (Å²) in [6, 6.07) is 18.6. The Labute approximate surface area is 234 Å². The van der Waals surface area contributed by atoms with Crippen LogP contribution in [0.3, 0.4) is 0 Å². The van der Waals surface area contributed by atoms with Gasteiger partial charge in [0.05, 0.1) is 10.6 Å². The molecule has 38 heavy (non-hydrogen) atoms. The predicted molar refractivity (Wildman–Crippen MR) is 152 cm³/mol. The Balaban J connectivity index is 2.05. The lowest BCUT2D eigenvalue weighted by Crippen LogP contribution is -2.52. The maximum absolute atomic E-state index is 13.9. The van der Waals surface area contributed by atoms with Gasteiger partial charge in [0.1, 0.15) is 12.6 Å². The van der Waals surface area contributed by atoms with Crippen molar-refractivity contribution in [3.8, 4) is 0 Å². The monoisotopic (exact) mass is 575 g/mol. The van der Waals surface area contributed by atoms with Crippen LogP contribution in [0.1, 0.15) is 31.9 Å². The van der Waals surface area contributed by atoms with E-state index >= 15 is 0 Å². The van der Waals surface area contributed by atoms with Gasteiger partial charge in [0.2, 0.25) is 11.8 Å². The Kier molecular flexibility index (Phi) is 9.82. The third-order valence-electron chi connectivity index (χ3n) is 5.89. The topological polar surface area (TPSA) is 86.8 Å². The molecule has 0 unspecified atom stereocenters. The zero-order chi connectivity index (χ0) is 28.0. The van der Waals surface area contributed by atoms with Crippen LogP contribution in [0.15, 0.2) is 77.7 Å². The third-order valence-corrected chi connectivity index (χ3v) is 8.32. The highest BCUT2D eigenvalue weighted by Gasteiger charge is 2.32. The number of anilines is 1. The van der Waals surface area contributed by atoms with E-state index in [1.807, 2.05) is 13.8 Å². The van der Waals surface area contributed by atoms with E-state index in [9.17, 15) is 18.0 Å². The number of carbonyl (C=O) groups is 2. The summed E-state index contributed by atoms with van der Waals surface area (Å²) in [5, 5.41) is 3.67. The molecule has 3 aromatic rings. The summed E-state index contributed by atoms with van der Waals surface area (Å²) in [6.07, 6.45) is 0. The molecule has 0 saturated heterocycles. The van der Waals surface area contributed by atoms with Crippen LogP contribution in [0.2, 0.25) is 10.0 Å². The van der Waals surface area contributed by atoms with Gasteiger partial charge in [-0.2, -0.15) is 0 Å². The van der Waals surface area contributed by atoms with Crippen LogP contribution in [0.25, 0.3) is 0 Å². The number of sulfonamides is 1. The van der Waals surface area contributed by atoms with Crippen molar-refractivity contribution in [2.45, 2.75) is 51.2 Å². The van der Waals surface area contributed by atoms with Crippen LogP contribution in [0.5, 0.6) is 0 Å². The molecule has 0 aliphatic rings. The third kappa shape index (κ3) is 7.28. The lowest BCUT2D eigenvalue weighted by atomic mass is 10.1. The molecule has 0 aliphatic heterocycles. The highest BCUT2D eigenvalue weighted by molar-refractivity contribution is 7.92. The summed E-state index contributed by atoms with van der Waals surface area (Å²) >= 11 is 12.5. The molecule has 2 amide bonds. The van der Waals surface area contributed by atoms with Gasteiger partial charge in [0.25, 0.3) is 10.0 Å². The first kappa shape index (κ1) is 29.5. The number of benzene rings is 3. The Morgan fingerprint density at radius 1 is 0.921 bits per heavy atom. The molecule has 7 nitrogen and oxygen atoms in total. The molecule has 0 radical (unpaired) electrons. The number of hydrogen-bond donors (Lipinski definition) is 1. The number of nitrogens with zero attached hydrogens (tertiary/aromatic N) is 2. The number of halogens is 2. The molecule has 0 saturated carbocycles. The van der Waals surface area contributed by atoms with Gasteiger partial charge in [-0.25, -0.2) is 8.42 Å². The maximum Gasteiger partial charge on any atom is 0.264 e. The van der Waals surface area contributed by atoms with E-state index in [1.54, 1.807) is 68.4 Å². The van der Waals surface area contributed by atoms with E-state index in [-0.39, 0.29) is 29.1 Å². The minimum absolute atomic E-state index is 0.0245. The number of nitrogens with one attached hydrogen (secondary N) is 1. The van der Waals surface area contributed by atoms with E-state index < -0.39 is 28.5 Å². The van der Waals surface area contributed by atoms with Gasteiger partial charge in [-0.15, -0.1) is 0 Å². The van der Waals surface area contributed by atoms with Crippen molar-refractivity contribution < 1.29 is 18.0 Å². The zero-order valence-electron chi connectivity index (χ0n) is 21.7. The standard InChI is InChI=1S/C28H31Cl2N3O4S/c1-19(2)31-28(35)21(4)32(17-22-9-8-10-23(29)15-22)27(34)18-33(24-14-13-20(3)26(30)16-24)38(36,37)25-11-6-5-7-12-25/h5-16,19,21H,17-18H2,1-4H3,(H,31,35)/t21-/m0/s1. The van der Waals surface area contributed by atoms with Crippen LogP contribution in [0.4, 0.5) is 5.69 Å². The molecule has 0 aliphatic carbocycles. The fourth-order valence-corrected chi connectivity index (χ4v) is 5.62. The van der Waals surface area contributed by atoms with Crippen molar-refractivity contribution in [1.29, 1.82) is 0 Å². The minimum Gasteiger partial charge on any atom is -0.352 e. The quantitative estimate of drug-likeness (QED) is 0.348. The van der Waals surface area contributed by atoms with Gasteiger partial charge in [-0.05, 0) is 75.2 Å². The lowest BCUT2D eigenvalue weighted by Gasteiger charge is -2.32. The van der Waals surface area contributed by atoms with Gasteiger partial charge in [0, 0.05) is 22.6 Å². The summed E-state index contributed by atoms with van der Waals surface area (Å²) in [5.41, 5.74) is 1.70. The minimum atomic E-state index is -4.15. The number of hydrogen-bond acceptors (Lipinski definition) is 4. The van der Waals surface area contributed by atoms with Crippen molar-refractivity contribution in [2.24, 2.45) is 0 Å². The first-order chi connectivity index (χ1) is 17.9. The molecule has 0 aromatic heterocycles. The lowest BCUT2D eigenvalue weighted by molar-refractivity contribution is -0.139. The molecule has 1 atom stereocenters. The molecule has 0 spiro atoms. The Hall–Kier alpha value is -3.07. The van der Waals surface area contributed by atoms with Crippen LogP contribution >= 0.6 is 23.2 Å². The summed E-state index contributed by atoms with van der Waals surface area (Å²) in [7, 11) is -4.15. The van der Waals surface area contributed by atoms with E-state index in [0.29, 0.717) is 15.6 Å². The summed E-state index contributed by atoms with van der Waals surface area (Å²) < 4.78 is 28.5. The second-order valence-electron chi connectivity index (χ2n) is 9.25. The number of amides is 2. The molecular formula is C28H31Cl2N3O4S. The highest BCUT2D eigenvalue weighted by Crippen LogP contribution is 2.28. The molecule has 3 aromatic carbocycles. The normalized spacial score (nSPS) is 12.2. The molecule has 0 fully saturated rings. The van der Waals surface area contributed by atoms with Gasteiger partial charge < -0.3 is 10.2 Å². The van der Waals surface area contributed by atoms with Crippen molar-refractivity contribution in [2.75, 3.05) is 10.8 Å². The van der Waals surface area contributed by atoms with E-state index in [0.717, 1.165) is 9.87 Å². The average molecular weight is 577 g/mol. The summed E-state index contributed by atoms with van der Waals surface area (Å²) in [6.45, 7) is 6.57. The second kappa shape index (κ2) is 12.7. The van der Waals surface area contributed by atoms with Crippen LogP contribution in [0, 0.1) is 6.92 Å². The molecule has 0 bridgehead atoms. The van der Waals surface area contributed by atoms with Gasteiger partial charge >= 0.3 is 0 Å². The van der Waals surface area contributed by atoms with Gasteiger partial charge in [0.15, 0.2) is 0 Å². The van der Waals surface area contributed by atoms with E-state index in [1.165, 1.54) is 23.1 Å². The average Bonchev–Trinajstić information content (AvgIpc) is 2.87. The predicted octanol–water partition coefficient (Wildman–Crippen LogP) is 5.44. The second-order valence-corrected chi connectivity index (χ2v) is 12.0. The van der Waals surface area contributed by atoms with Gasteiger partial charge in [-0.1, -0.05) is 59.6 Å². The molecule has 10 heteroatoms. The van der Waals surface area contributed by atoms with Crippen LogP contribution in [-0.4, -0.2) is 43.8 Å². The fraction of sp³-hybridized carbons (Fsp3) is 0.286. The molecular weight excluding hydrogens is 545 g/mol.